The van der Waals surface area contributed by atoms with Gasteiger partial charge >= 0.3 is 5.97 Å². The maximum Gasteiger partial charge on any atom is 0.322 e. The van der Waals surface area contributed by atoms with Crippen LogP contribution in [0.3, 0.4) is 0 Å². The molecule has 0 aromatic heterocycles. The number of carbonyl (C=O) groups excluding carboxylic acids is 1. The average molecular weight is 286 g/mol. The lowest BCUT2D eigenvalue weighted by atomic mass is 10.1. The van der Waals surface area contributed by atoms with Crippen LogP contribution in [0.1, 0.15) is 33.1 Å². The topological polar surface area (TPSA) is 50.8 Å². The fourth-order valence-corrected chi connectivity index (χ4v) is 2.29. The zero-order valence-corrected chi connectivity index (χ0v) is 13.4. The summed E-state index contributed by atoms with van der Waals surface area (Å²) < 4.78 is 10.0. The monoisotopic (exact) mass is 286 g/mol. The molecule has 118 valence electrons. The number of carbonyl (C=O) groups is 1. The fourth-order valence-electron chi connectivity index (χ4n) is 2.29. The van der Waals surface area contributed by atoms with Crippen molar-refractivity contribution in [2.75, 3.05) is 40.5 Å². The molecular weight excluding hydrogens is 256 g/mol. The molecule has 0 radical (unpaired) electrons. The van der Waals surface area contributed by atoms with Crippen molar-refractivity contribution in [1.82, 2.24) is 10.2 Å². The highest BCUT2D eigenvalue weighted by atomic mass is 16.5. The van der Waals surface area contributed by atoms with Crippen molar-refractivity contribution < 1.29 is 14.3 Å². The van der Waals surface area contributed by atoms with E-state index >= 15 is 0 Å². The Morgan fingerprint density at radius 2 is 2.00 bits per heavy atom. The smallest absolute Gasteiger partial charge is 0.322 e. The van der Waals surface area contributed by atoms with E-state index in [-0.39, 0.29) is 12.0 Å². The molecule has 0 saturated heterocycles. The van der Waals surface area contributed by atoms with E-state index in [4.69, 9.17) is 9.47 Å². The van der Waals surface area contributed by atoms with Gasteiger partial charge in [-0.3, -0.25) is 4.79 Å². The SMILES string of the molecule is COCCN(CCC(NC1CC1)C(=O)OC)CC(C)C. The van der Waals surface area contributed by atoms with E-state index in [1.54, 1.807) is 7.11 Å². The highest BCUT2D eigenvalue weighted by molar-refractivity contribution is 5.75. The first-order chi connectivity index (χ1) is 9.56. The van der Waals surface area contributed by atoms with E-state index in [1.807, 2.05) is 0 Å². The van der Waals surface area contributed by atoms with Crippen molar-refractivity contribution >= 4 is 5.97 Å². The van der Waals surface area contributed by atoms with Crippen LogP contribution < -0.4 is 5.32 Å². The van der Waals surface area contributed by atoms with Crippen LogP contribution in [-0.4, -0.2) is 63.4 Å². The summed E-state index contributed by atoms with van der Waals surface area (Å²) in [6, 6.07) is 0.335. The lowest BCUT2D eigenvalue weighted by molar-refractivity contribution is -0.143. The second-order valence-electron chi connectivity index (χ2n) is 5.99. The molecule has 0 aromatic carbocycles. The van der Waals surface area contributed by atoms with Crippen LogP contribution in [0.4, 0.5) is 0 Å². The first-order valence-electron chi connectivity index (χ1n) is 7.62. The van der Waals surface area contributed by atoms with Gasteiger partial charge in [0, 0.05) is 32.8 Å². The third-order valence-corrected chi connectivity index (χ3v) is 3.47. The minimum Gasteiger partial charge on any atom is -0.468 e. The van der Waals surface area contributed by atoms with Crippen molar-refractivity contribution in [3.8, 4) is 0 Å². The molecule has 1 aliphatic rings. The summed E-state index contributed by atoms with van der Waals surface area (Å²) in [5.41, 5.74) is 0. The van der Waals surface area contributed by atoms with Gasteiger partial charge in [-0.25, -0.2) is 0 Å². The predicted octanol–water partition coefficient (Wildman–Crippen LogP) is 1.27. The number of nitrogens with zero attached hydrogens (tertiary/aromatic N) is 1. The molecule has 5 nitrogen and oxygen atoms in total. The molecule has 1 N–H and O–H groups in total. The van der Waals surface area contributed by atoms with E-state index in [2.05, 4.69) is 24.1 Å². The van der Waals surface area contributed by atoms with E-state index < -0.39 is 0 Å². The van der Waals surface area contributed by atoms with E-state index in [0.29, 0.717) is 12.0 Å². The van der Waals surface area contributed by atoms with Gasteiger partial charge in [0.1, 0.15) is 6.04 Å². The lowest BCUT2D eigenvalue weighted by Crippen LogP contribution is -2.42. The fraction of sp³-hybridized carbons (Fsp3) is 0.933. The van der Waals surface area contributed by atoms with E-state index in [0.717, 1.165) is 32.7 Å². The molecule has 5 heteroatoms. The first kappa shape index (κ1) is 17.4. The number of nitrogens with one attached hydrogen (secondary N) is 1. The standard InChI is InChI=1S/C15H30N2O3/c1-12(2)11-17(9-10-19-3)8-7-14(15(18)20-4)16-13-5-6-13/h12-14,16H,5-11H2,1-4H3. The molecular formula is C15H30N2O3. The molecule has 0 aromatic rings. The van der Waals surface area contributed by atoms with Gasteiger partial charge in [-0.05, 0) is 25.2 Å². The highest BCUT2D eigenvalue weighted by Crippen LogP contribution is 2.20. The van der Waals surface area contributed by atoms with Crippen molar-refractivity contribution in [3.63, 3.8) is 0 Å². The second-order valence-corrected chi connectivity index (χ2v) is 5.99. The minimum absolute atomic E-state index is 0.145. The molecule has 20 heavy (non-hydrogen) atoms. The Labute approximate surface area is 123 Å². The van der Waals surface area contributed by atoms with Crippen LogP contribution in [-0.2, 0) is 14.3 Å². The van der Waals surface area contributed by atoms with Crippen LogP contribution in [0.15, 0.2) is 0 Å². The van der Waals surface area contributed by atoms with Crippen LogP contribution in [0, 0.1) is 5.92 Å². The number of hydrogen-bond donors (Lipinski definition) is 1. The number of ether oxygens (including phenoxy) is 2. The van der Waals surface area contributed by atoms with Crippen LogP contribution in [0.5, 0.6) is 0 Å². The van der Waals surface area contributed by atoms with Gasteiger partial charge in [0.25, 0.3) is 0 Å². The maximum absolute atomic E-state index is 11.8. The number of rotatable bonds is 11. The van der Waals surface area contributed by atoms with E-state index in [1.165, 1.54) is 20.0 Å². The van der Waals surface area contributed by atoms with Crippen molar-refractivity contribution in [3.05, 3.63) is 0 Å². The minimum atomic E-state index is -0.176. The zero-order valence-electron chi connectivity index (χ0n) is 13.4. The van der Waals surface area contributed by atoms with Gasteiger partial charge in [-0.1, -0.05) is 13.8 Å². The summed E-state index contributed by atoms with van der Waals surface area (Å²) >= 11 is 0. The Morgan fingerprint density at radius 1 is 1.30 bits per heavy atom. The third-order valence-electron chi connectivity index (χ3n) is 3.47. The molecule has 1 atom stereocenters. The number of methoxy groups -OCH3 is 2. The zero-order chi connectivity index (χ0) is 15.0. The summed E-state index contributed by atoms with van der Waals surface area (Å²) in [5, 5.41) is 3.37. The van der Waals surface area contributed by atoms with Gasteiger partial charge in [0.2, 0.25) is 0 Å². The Bertz CT molecular complexity index is 280. The number of esters is 1. The Balaban J connectivity index is 2.40. The highest BCUT2D eigenvalue weighted by Gasteiger charge is 2.29. The normalized spacial score (nSPS) is 16.7. The molecule has 0 bridgehead atoms. The van der Waals surface area contributed by atoms with Crippen LogP contribution in [0.2, 0.25) is 0 Å². The maximum atomic E-state index is 11.8. The van der Waals surface area contributed by atoms with E-state index in [9.17, 15) is 4.79 Å². The second kappa shape index (κ2) is 9.32. The molecule has 0 spiro atoms. The summed E-state index contributed by atoms with van der Waals surface area (Å²) in [7, 11) is 3.18. The third kappa shape index (κ3) is 7.22. The predicted molar refractivity (Wildman–Crippen MR) is 79.7 cm³/mol. The van der Waals surface area contributed by atoms with Crippen molar-refractivity contribution in [2.45, 2.75) is 45.2 Å². The molecule has 0 heterocycles. The molecule has 1 fully saturated rings. The first-order valence-corrected chi connectivity index (χ1v) is 7.62. The van der Waals surface area contributed by atoms with Crippen molar-refractivity contribution in [2.24, 2.45) is 5.92 Å². The lowest BCUT2D eigenvalue weighted by Gasteiger charge is -2.26. The largest absolute Gasteiger partial charge is 0.468 e. The molecule has 1 aliphatic carbocycles. The average Bonchev–Trinajstić information content (AvgIpc) is 3.22. The molecule has 0 amide bonds. The summed E-state index contributed by atoms with van der Waals surface area (Å²) in [6.07, 6.45) is 3.14. The van der Waals surface area contributed by atoms with Gasteiger partial charge in [0.15, 0.2) is 0 Å². The van der Waals surface area contributed by atoms with Crippen LogP contribution in [0.25, 0.3) is 0 Å². The van der Waals surface area contributed by atoms with Gasteiger partial charge in [-0.2, -0.15) is 0 Å². The Morgan fingerprint density at radius 3 is 2.50 bits per heavy atom. The molecule has 0 aliphatic heterocycles. The van der Waals surface area contributed by atoms with Gasteiger partial charge in [-0.15, -0.1) is 0 Å². The Hall–Kier alpha value is -0.650. The van der Waals surface area contributed by atoms with Gasteiger partial charge < -0.3 is 19.7 Å². The molecule has 1 saturated carbocycles. The quantitative estimate of drug-likeness (QED) is 0.580. The van der Waals surface area contributed by atoms with Gasteiger partial charge in [0.05, 0.1) is 13.7 Å². The van der Waals surface area contributed by atoms with Crippen molar-refractivity contribution in [1.29, 1.82) is 0 Å². The number of hydrogen-bond acceptors (Lipinski definition) is 5. The summed E-state index contributed by atoms with van der Waals surface area (Å²) in [6.45, 7) is 7.97. The van der Waals surface area contributed by atoms with Crippen LogP contribution >= 0.6 is 0 Å². The summed E-state index contributed by atoms with van der Waals surface area (Å²) in [5.74, 6) is 0.466. The molecule has 1 rings (SSSR count). The molecule has 1 unspecified atom stereocenters. The summed E-state index contributed by atoms with van der Waals surface area (Å²) in [4.78, 5) is 14.2. The Kier molecular flexibility index (Phi) is 8.11.